The number of sulfonamides is 1. The predicted molar refractivity (Wildman–Crippen MR) is 123 cm³/mol. The molecule has 0 radical (unpaired) electrons. The van der Waals surface area contributed by atoms with E-state index in [0.717, 1.165) is 12.8 Å². The molecular weight excluding hydrogens is 430 g/mol. The Morgan fingerprint density at radius 1 is 1.06 bits per heavy atom. The summed E-state index contributed by atoms with van der Waals surface area (Å²) in [5.74, 6) is 0.512. The highest BCUT2D eigenvalue weighted by atomic mass is 32.2. The van der Waals surface area contributed by atoms with E-state index in [9.17, 15) is 13.2 Å². The van der Waals surface area contributed by atoms with E-state index in [1.54, 1.807) is 36.4 Å². The number of hydrogen-bond donors (Lipinski definition) is 1. The lowest BCUT2D eigenvalue weighted by atomic mass is 10.2. The van der Waals surface area contributed by atoms with E-state index in [-0.39, 0.29) is 4.90 Å². The first kappa shape index (κ1) is 23.7. The van der Waals surface area contributed by atoms with Crippen LogP contribution in [0.3, 0.4) is 0 Å². The monoisotopic (exact) mass is 459 g/mol. The van der Waals surface area contributed by atoms with Crippen LogP contribution in [0, 0.1) is 0 Å². The second-order valence-corrected chi connectivity index (χ2v) is 9.24. The highest BCUT2D eigenvalue weighted by molar-refractivity contribution is 7.89. The van der Waals surface area contributed by atoms with E-state index >= 15 is 0 Å². The van der Waals surface area contributed by atoms with Crippen molar-refractivity contribution in [2.45, 2.75) is 38.5 Å². The third-order valence-corrected chi connectivity index (χ3v) is 6.89. The van der Waals surface area contributed by atoms with Crippen LogP contribution in [-0.2, 0) is 14.8 Å². The van der Waals surface area contributed by atoms with E-state index in [4.69, 9.17) is 9.47 Å². The maximum atomic E-state index is 13.2. The van der Waals surface area contributed by atoms with Gasteiger partial charge in [-0.3, -0.25) is 0 Å². The molecule has 0 aliphatic carbocycles. The van der Waals surface area contributed by atoms with E-state index in [2.05, 4.69) is 9.97 Å². The molecule has 0 atom stereocenters. The van der Waals surface area contributed by atoms with Crippen molar-refractivity contribution in [1.29, 1.82) is 0 Å². The molecule has 9 heteroatoms. The molecule has 1 aromatic heterocycles. The molecule has 0 bridgehead atoms. The van der Waals surface area contributed by atoms with Crippen molar-refractivity contribution in [3.8, 4) is 17.1 Å². The van der Waals surface area contributed by atoms with Crippen molar-refractivity contribution >= 4 is 27.0 Å². The fourth-order valence-corrected chi connectivity index (χ4v) is 5.16. The van der Waals surface area contributed by atoms with Crippen LogP contribution in [0.5, 0.6) is 5.75 Å². The number of ether oxygens (including phenoxy) is 2. The number of carbonyl (C=O) groups excluding carboxylic acids is 1. The number of H-pyrrole nitrogens is 1. The van der Waals surface area contributed by atoms with Gasteiger partial charge < -0.3 is 14.5 Å². The molecule has 0 aliphatic heterocycles. The Morgan fingerprint density at radius 3 is 2.41 bits per heavy atom. The van der Waals surface area contributed by atoms with E-state index in [1.165, 1.54) is 11.4 Å². The summed E-state index contributed by atoms with van der Waals surface area (Å²) in [4.78, 5) is 19.8. The summed E-state index contributed by atoms with van der Waals surface area (Å²) in [6.07, 6.45) is 1.48. The van der Waals surface area contributed by atoms with Crippen LogP contribution in [-0.4, -0.2) is 55.5 Å². The molecule has 3 aromatic rings. The zero-order valence-corrected chi connectivity index (χ0v) is 19.7. The summed E-state index contributed by atoms with van der Waals surface area (Å²) in [5, 5.41) is 0. The number of fused-ring (bicyclic) bond motifs is 1. The van der Waals surface area contributed by atoms with Crippen molar-refractivity contribution in [2.75, 3.05) is 26.8 Å². The Balaban J connectivity index is 2.05. The van der Waals surface area contributed by atoms with Gasteiger partial charge in [-0.15, -0.1) is 0 Å². The molecule has 3 rings (SSSR count). The topological polar surface area (TPSA) is 102 Å². The number of rotatable bonds is 10. The molecule has 2 aromatic carbocycles. The Bertz CT molecular complexity index is 1200. The largest absolute Gasteiger partial charge is 0.493 e. The van der Waals surface area contributed by atoms with Gasteiger partial charge >= 0.3 is 5.97 Å². The summed E-state index contributed by atoms with van der Waals surface area (Å²) in [7, 11) is -2.31. The summed E-state index contributed by atoms with van der Waals surface area (Å²) >= 11 is 0. The summed E-state index contributed by atoms with van der Waals surface area (Å²) in [6.45, 7) is 7.06. The third kappa shape index (κ3) is 4.78. The van der Waals surface area contributed by atoms with Crippen LogP contribution in [0.1, 0.15) is 44.0 Å². The Kier molecular flexibility index (Phi) is 7.52. The quantitative estimate of drug-likeness (QED) is 0.455. The normalized spacial score (nSPS) is 11.8. The van der Waals surface area contributed by atoms with Crippen LogP contribution in [0.2, 0.25) is 0 Å². The van der Waals surface area contributed by atoms with Gasteiger partial charge in [0, 0.05) is 19.2 Å². The number of hydrogen-bond acceptors (Lipinski definition) is 6. The number of esters is 1. The molecule has 172 valence electrons. The van der Waals surface area contributed by atoms with Crippen LogP contribution < -0.4 is 4.74 Å². The van der Waals surface area contributed by atoms with Gasteiger partial charge in [-0.05, 0) is 50.1 Å². The van der Waals surface area contributed by atoms with Gasteiger partial charge in [-0.2, -0.15) is 4.31 Å². The number of nitrogens with one attached hydrogen (secondary N) is 1. The fourth-order valence-electron chi connectivity index (χ4n) is 3.52. The van der Waals surface area contributed by atoms with Crippen molar-refractivity contribution in [3.63, 3.8) is 0 Å². The Labute approximate surface area is 188 Å². The zero-order chi connectivity index (χ0) is 23.3. The minimum Gasteiger partial charge on any atom is -0.493 e. The predicted octanol–water partition coefficient (Wildman–Crippen LogP) is 4.23. The van der Waals surface area contributed by atoms with Gasteiger partial charge in [-0.25, -0.2) is 18.2 Å². The Hall–Kier alpha value is -2.91. The number of aromatic amines is 1. The zero-order valence-electron chi connectivity index (χ0n) is 18.8. The SMILES string of the molecule is CCCN(CCC)S(=O)(=O)c1ccc(-c2nc3ccc(C(=O)OC)cc3[nH]2)c(OCC)c1. The smallest absolute Gasteiger partial charge is 0.337 e. The van der Waals surface area contributed by atoms with Gasteiger partial charge in [0.05, 0.1) is 40.8 Å². The number of benzene rings is 2. The summed E-state index contributed by atoms with van der Waals surface area (Å²) in [5.41, 5.74) is 2.38. The average molecular weight is 460 g/mol. The summed E-state index contributed by atoms with van der Waals surface area (Å²) in [6, 6.07) is 9.89. The molecule has 0 fully saturated rings. The highest BCUT2D eigenvalue weighted by Crippen LogP contribution is 2.33. The minimum absolute atomic E-state index is 0.190. The molecular formula is C23H29N3O5S. The number of methoxy groups -OCH3 is 1. The first-order chi connectivity index (χ1) is 15.3. The fraction of sp³-hybridized carbons (Fsp3) is 0.391. The molecule has 8 nitrogen and oxygen atoms in total. The number of carbonyl (C=O) groups is 1. The van der Waals surface area contributed by atoms with Crippen molar-refractivity contribution < 1.29 is 22.7 Å². The average Bonchev–Trinajstić information content (AvgIpc) is 3.21. The van der Waals surface area contributed by atoms with E-state index < -0.39 is 16.0 Å². The lowest BCUT2D eigenvalue weighted by Gasteiger charge is -2.21. The number of aromatic nitrogens is 2. The molecule has 0 saturated carbocycles. The lowest BCUT2D eigenvalue weighted by Crippen LogP contribution is -2.32. The molecule has 0 spiro atoms. The highest BCUT2D eigenvalue weighted by Gasteiger charge is 2.25. The molecule has 0 aliphatic rings. The van der Waals surface area contributed by atoms with Gasteiger partial charge in [-0.1, -0.05) is 13.8 Å². The lowest BCUT2D eigenvalue weighted by molar-refractivity contribution is 0.0601. The molecule has 0 saturated heterocycles. The van der Waals surface area contributed by atoms with Crippen LogP contribution in [0.4, 0.5) is 0 Å². The van der Waals surface area contributed by atoms with Crippen molar-refractivity contribution in [3.05, 3.63) is 42.0 Å². The first-order valence-electron chi connectivity index (χ1n) is 10.7. The maximum Gasteiger partial charge on any atom is 0.337 e. The van der Waals surface area contributed by atoms with Gasteiger partial charge in [0.1, 0.15) is 11.6 Å². The van der Waals surface area contributed by atoms with Gasteiger partial charge in [0.2, 0.25) is 10.0 Å². The standard InChI is InChI=1S/C23H29N3O5S/c1-5-12-26(13-6-2)32(28,29)17-9-10-18(21(15-17)31-7-3)22-24-19-11-8-16(23(27)30-4)14-20(19)25-22/h8-11,14-15H,5-7,12-13H2,1-4H3,(H,24,25). The molecule has 0 amide bonds. The maximum absolute atomic E-state index is 13.2. The van der Waals surface area contributed by atoms with Crippen LogP contribution in [0.15, 0.2) is 41.3 Å². The van der Waals surface area contributed by atoms with Crippen molar-refractivity contribution in [1.82, 2.24) is 14.3 Å². The van der Waals surface area contributed by atoms with Gasteiger partial charge in [0.25, 0.3) is 0 Å². The number of imidazole rings is 1. The summed E-state index contributed by atoms with van der Waals surface area (Å²) < 4.78 is 38.4. The number of nitrogens with zero attached hydrogens (tertiary/aromatic N) is 2. The molecule has 32 heavy (non-hydrogen) atoms. The van der Waals surface area contributed by atoms with Crippen LogP contribution >= 0.6 is 0 Å². The first-order valence-corrected chi connectivity index (χ1v) is 12.1. The minimum atomic E-state index is -3.64. The molecule has 1 heterocycles. The second kappa shape index (κ2) is 10.1. The van der Waals surface area contributed by atoms with Crippen LogP contribution in [0.25, 0.3) is 22.4 Å². The van der Waals surface area contributed by atoms with Crippen molar-refractivity contribution in [2.24, 2.45) is 0 Å². The van der Waals surface area contributed by atoms with Gasteiger partial charge in [0.15, 0.2) is 0 Å². The third-order valence-electron chi connectivity index (χ3n) is 4.99. The second-order valence-electron chi connectivity index (χ2n) is 7.30. The Morgan fingerprint density at radius 2 is 1.78 bits per heavy atom. The molecule has 0 unspecified atom stereocenters. The molecule has 1 N–H and O–H groups in total. The van der Waals surface area contributed by atoms with E-state index in [0.29, 0.717) is 53.4 Å². The van der Waals surface area contributed by atoms with E-state index in [1.807, 2.05) is 20.8 Å².